The van der Waals surface area contributed by atoms with E-state index in [9.17, 15) is 9.59 Å². The predicted octanol–water partition coefficient (Wildman–Crippen LogP) is 6.42. The van der Waals surface area contributed by atoms with E-state index in [-0.39, 0.29) is 24.4 Å². The van der Waals surface area contributed by atoms with Crippen LogP contribution in [0.25, 0.3) is 0 Å². The number of carbonyl (C=O) groups excluding carboxylic acids is 2. The highest BCUT2D eigenvalue weighted by molar-refractivity contribution is 6.00. The molecule has 0 bridgehead atoms. The fourth-order valence-electron chi connectivity index (χ4n) is 5.20. The first-order chi connectivity index (χ1) is 18.3. The van der Waals surface area contributed by atoms with Crippen molar-refractivity contribution >= 4 is 23.3 Å². The Bertz CT molecular complexity index is 1230. The minimum atomic E-state index is -0.332. The zero-order valence-corrected chi connectivity index (χ0v) is 23.0. The molecule has 0 radical (unpaired) electrons. The fraction of sp³-hybridized carbons (Fsp3) is 0.375. The summed E-state index contributed by atoms with van der Waals surface area (Å²) in [7, 11) is 1.90. The van der Waals surface area contributed by atoms with Gasteiger partial charge in [0, 0.05) is 31.5 Å². The lowest BCUT2D eigenvalue weighted by Gasteiger charge is -2.37. The summed E-state index contributed by atoms with van der Waals surface area (Å²) in [5.41, 5.74) is 5.48. The van der Waals surface area contributed by atoms with Crippen LogP contribution in [0.2, 0.25) is 0 Å². The number of urea groups is 1. The highest BCUT2D eigenvalue weighted by atomic mass is 16.2. The van der Waals surface area contributed by atoms with E-state index in [0.717, 1.165) is 47.6 Å². The zero-order chi connectivity index (χ0) is 27.1. The molecule has 0 aliphatic carbocycles. The van der Waals surface area contributed by atoms with Gasteiger partial charge in [0.25, 0.3) is 0 Å². The summed E-state index contributed by atoms with van der Waals surface area (Å²) < 4.78 is 0. The van der Waals surface area contributed by atoms with Crippen LogP contribution in [0.5, 0.6) is 0 Å². The lowest BCUT2D eigenvalue weighted by molar-refractivity contribution is -0.131. The summed E-state index contributed by atoms with van der Waals surface area (Å²) in [4.78, 5) is 30.8. The van der Waals surface area contributed by atoms with Gasteiger partial charge in [0.1, 0.15) is 0 Å². The van der Waals surface area contributed by atoms with Gasteiger partial charge in [0.15, 0.2) is 0 Å². The molecule has 3 amide bonds. The standard InChI is InChI=1S/C32H40N4O2/c1-23-12-15-28(16-13-23)33-32(38)34-29-17-14-24(2)19-27(29)20-31(37)35(4)30(26-10-6-5-7-11-26)22-36-18-8-9-25(3)21-36/h5-7,10-17,19,25,30H,8-9,18,20-22H2,1-4H3,(H2,33,34,38)/t25?,30-/m1/s1. The van der Waals surface area contributed by atoms with Gasteiger partial charge in [0.2, 0.25) is 5.91 Å². The quantitative estimate of drug-likeness (QED) is 0.366. The van der Waals surface area contributed by atoms with Crippen molar-refractivity contribution < 1.29 is 9.59 Å². The van der Waals surface area contributed by atoms with Crippen LogP contribution in [0.4, 0.5) is 16.2 Å². The van der Waals surface area contributed by atoms with Crippen LogP contribution in [0.15, 0.2) is 72.8 Å². The second-order valence-electron chi connectivity index (χ2n) is 10.7. The number of likely N-dealkylation sites (N-methyl/N-ethyl adjacent to an activating group) is 1. The molecule has 1 heterocycles. The molecule has 1 fully saturated rings. The Balaban J connectivity index is 1.49. The number of nitrogens with zero attached hydrogens (tertiary/aromatic N) is 2. The average Bonchev–Trinajstić information content (AvgIpc) is 2.90. The Labute approximate surface area is 227 Å². The van der Waals surface area contributed by atoms with Crippen LogP contribution >= 0.6 is 0 Å². The maximum atomic E-state index is 13.7. The normalized spacial score (nSPS) is 16.5. The minimum Gasteiger partial charge on any atom is -0.337 e. The number of amides is 3. The molecule has 200 valence electrons. The summed E-state index contributed by atoms with van der Waals surface area (Å²) in [6, 6.07) is 23.4. The van der Waals surface area contributed by atoms with E-state index >= 15 is 0 Å². The number of likely N-dealkylation sites (tertiary alicyclic amines) is 1. The van der Waals surface area contributed by atoms with Crippen molar-refractivity contribution in [2.24, 2.45) is 5.92 Å². The van der Waals surface area contributed by atoms with Crippen molar-refractivity contribution in [1.82, 2.24) is 9.80 Å². The number of rotatable bonds is 8. The van der Waals surface area contributed by atoms with Gasteiger partial charge >= 0.3 is 6.03 Å². The fourth-order valence-corrected chi connectivity index (χ4v) is 5.20. The van der Waals surface area contributed by atoms with Crippen molar-refractivity contribution in [2.75, 3.05) is 37.3 Å². The number of aryl methyl sites for hydroxylation is 2. The van der Waals surface area contributed by atoms with E-state index in [1.807, 2.05) is 86.5 Å². The van der Waals surface area contributed by atoms with Gasteiger partial charge in [-0.25, -0.2) is 4.79 Å². The lowest BCUT2D eigenvalue weighted by Crippen LogP contribution is -2.43. The molecule has 4 rings (SSSR count). The Morgan fingerprint density at radius 1 is 0.974 bits per heavy atom. The topological polar surface area (TPSA) is 64.7 Å². The zero-order valence-electron chi connectivity index (χ0n) is 23.0. The van der Waals surface area contributed by atoms with Gasteiger partial charge in [-0.15, -0.1) is 0 Å². The number of nitrogens with one attached hydrogen (secondary N) is 2. The summed E-state index contributed by atoms with van der Waals surface area (Å²) in [6.07, 6.45) is 2.67. The maximum absolute atomic E-state index is 13.7. The number of anilines is 2. The van der Waals surface area contributed by atoms with E-state index < -0.39 is 0 Å². The van der Waals surface area contributed by atoms with Crippen molar-refractivity contribution in [1.29, 1.82) is 0 Å². The molecule has 0 aromatic heterocycles. The van der Waals surface area contributed by atoms with Crippen molar-refractivity contribution in [3.05, 3.63) is 95.1 Å². The number of hydrogen-bond donors (Lipinski definition) is 2. The molecule has 1 aliphatic rings. The van der Waals surface area contributed by atoms with Crippen molar-refractivity contribution in [3.63, 3.8) is 0 Å². The van der Waals surface area contributed by atoms with Crippen LogP contribution in [0.3, 0.4) is 0 Å². The molecule has 2 atom stereocenters. The second kappa shape index (κ2) is 12.7. The molecule has 1 saturated heterocycles. The third-order valence-corrected chi connectivity index (χ3v) is 7.38. The van der Waals surface area contributed by atoms with Crippen LogP contribution in [0, 0.1) is 19.8 Å². The summed E-state index contributed by atoms with van der Waals surface area (Å²) in [5.74, 6) is 0.699. The molecule has 0 saturated carbocycles. The number of carbonyl (C=O) groups is 2. The van der Waals surface area contributed by atoms with E-state index in [4.69, 9.17) is 0 Å². The molecule has 1 unspecified atom stereocenters. The molecular weight excluding hydrogens is 472 g/mol. The number of hydrogen-bond acceptors (Lipinski definition) is 3. The SMILES string of the molecule is Cc1ccc(NC(=O)Nc2ccc(C)cc2CC(=O)N(C)[C@H](CN2CCCC(C)C2)c2ccccc2)cc1. The van der Waals surface area contributed by atoms with E-state index in [1.54, 1.807) is 0 Å². The van der Waals surface area contributed by atoms with Gasteiger partial charge in [-0.1, -0.05) is 72.6 Å². The molecule has 2 N–H and O–H groups in total. The Kier molecular flexibility index (Phi) is 9.19. The van der Waals surface area contributed by atoms with Gasteiger partial charge in [-0.3, -0.25) is 4.79 Å². The molecule has 6 heteroatoms. The largest absolute Gasteiger partial charge is 0.337 e. The van der Waals surface area contributed by atoms with Crippen LogP contribution in [-0.4, -0.2) is 48.4 Å². The van der Waals surface area contributed by atoms with Crippen LogP contribution in [-0.2, 0) is 11.2 Å². The predicted molar refractivity (Wildman–Crippen MR) is 155 cm³/mol. The Morgan fingerprint density at radius 3 is 2.39 bits per heavy atom. The molecule has 3 aromatic carbocycles. The first kappa shape index (κ1) is 27.4. The lowest BCUT2D eigenvalue weighted by atomic mass is 9.98. The van der Waals surface area contributed by atoms with Gasteiger partial charge < -0.3 is 20.4 Å². The molecule has 0 spiro atoms. The minimum absolute atomic E-state index is 0.0245. The van der Waals surface area contributed by atoms with Gasteiger partial charge in [-0.2, -0.15) is 0 Å². The summed E-state index contributed by atoms with van der Waals surface area (Å²) in [6.45, 7) is 9.25. The summed E-state index contributed by atoms with van der Waals surface area (Å²) >= 11 is 0. The molecular formula is C32H40N4O2. The van der Waals surface area contributed by atoms with E-state index in [1.165, 1.54) is 12.8 Å². The highest BCUT2D eigenvalue weighted by Gasteiger charge is 2.27. The Morgan fingerprint density at radius 2 is 1.68 bits per heavy atom. The third-order valence-electron chi connectivity index (χ3n) is 7.38. The van der Waals surface area contributed by atoms with E-state index in [0.29, 0.717) is 11.6 Å². The summed E-state index contributed by atoms with van der Waals surface area (Å²) in [5, 5.41) is 5.82. The van der Waals surface area contributed by atoms with Gasteiger partial charge in [-0.05, 0) is 68.5 Å². The third kappa shape index (κ3) is 7.45. The first-order valence-corrected chi connectivity index (χ1v) is 13.6. The van der Waals surface area contributed by atoms with E-state index in [2.05, 4.69) is 34.6 Å². The van der Waals surface area contributed by atoms with Crippen LogP contribution < -0.4 is 10.6 Å². The smallest absolute Gasteiger partial charge is 0.323 e. The molecule has 1 aliphatic heterocycles. The van der Waals surface area contributed by atoms with Crippen molar-refractivity contribution in [3.8, 4) is 0 Å². The second-order valence-corrected chi connectivity index (χ2v) is 10.7. The monoisotopic (exact) mass is 512 g/mol. The number of piperidine rings is 1. The Hall–Kier alpha value is -3.64. The van der Waals surface area contributed by atoms with Crippen LogP contribution in [0.1, 0.15) is 48.1 Å². The highest BCUT2D eigenvalue weighted by Crippen LogP contribution is 2.26. The average molecular weight is 513 g/mol. The molecule has 6 nitrogen and oxygen atoms in total. The van der Waals surface area contributed by atoms with Crippen molar-refractivity contribution in [2.45, 2.75) is 46.1 Å². The molecule has 38 heavy (non-hydrogen) atoms. The maximum Gasteiger partial charge on any atom is 0.323 e. The number of benzene rings is 3. The first-order valence-electron chi connectivity index (χ1n) is 13.6. The van der Waals surface area contributed by atoms with Gasteiger partial charge in [0.05, 0.1) is 12.5 Å². The molecule has 3 aromatic rings.